The number of benzene rings is 1. The van der Waals surface area contributed by atoms with E-state index in [0.717, 1.165) is 6.07 Å². The Hall–Kier alpha value is -4.45. The standard InChI is InChI=1S/C30H29F3N6O3/c1-34-21-9-20(31)25(32)23-16(21)8-22-24(23)26(39-6-5-30(33,14-39)13-37(2)3)18(11-35-22)15-7-17-27(40)19(29(41)42)12-38(4)28(17)36-10-15/h7,9-12,34H,5-6,8,13-14H2,1-4H3,(H,41,42). The zero-order valence-electron chi connectivity index (χ0n) is 23.6. The summed E-state index contributed by atoms with van der Waals surface area (Å²) in [6, 6.07) is 2.64. The third-order valence-corrected chi connectivity index (χ3v) is 8.09. The van der Waals surface area contributed by atoms with Crippen molar-refractivity contribution in [1.82, 2.24) is 19.4 Å². The molecule has 1 unspecified atom stereocenters. The van der Waals surface area contributed by atoms with Crippen molar-refractivity contribution in [2.24, 2.45) is 7.05 Å². The molecule has 2 N–H and O–H groups in total. The first kappa shape index (κ1) is 27.7. The van der Waals surface area contributed by atoms with Gasteiger partial charge in [0.05, 0.1) is 23.3 Å². The molecular weight excluding hydrogens is 549 g/mol. The number of fused-ring (bicyclic) bond motifs is 4. The Kier molecular flexibility index (Phi) is 6.48. The van der Waals surface area contributed by atoms with Crippen LogP contribution in [0.15, 0.2) is 35.5 Å². The number of carboxylic acids is 1. The minimum Gasteiger partial charge on any atom is -0.477 e. The molecule has 4 heterocycles. The first-order chi connectivity index (χ1) is 19.9. The Morgan fingerprint density at radius 3 is 2.64 bits per heavy atom. The lowest BCUT2D eigenvalue weighted by Gasteiger charge is -2.28. The summed E-state index contributed by atoms with van der Waals surface area (Å²) >= 11 is 0. The first-order valence-electron chi connectivity index (χ1n) is 13.4. The largest absolute Gasteiger partial charge is 0.477 e. The molecule has 0 bridgehead atoms. The zero-order valence-corrected chi connectivity index (χ0v) is 23.6. The van der Waals surface area contributed by atoms with Crippen molar-refractivity contribution in [3.8, 4) is 22.3 Å². The number of pyridine rings is 3. The fourth-order valence-corrected chi connectivity index (χ4v) is 6.36. The Morgan fingerprint density at radius 1 is 1.19 bits per heavy atom. The summed E-state index contributed by atoms with van der Waals surface area (Å²) < 4.78 is 47.9. The van der Waals surface area contributed by atoms with Crippen LogP contribution in [0.2, 0.25) is 0 Å². The van der Waals surface area contributed by atoms with Gasteiger partial charge in [0.25, 0.3) is 0 Å². The van der Waals surface area contributed by atoms with Crippen molar-refractivity contribution in [1.29, 1.82) is 0 Å². The van der Waals surface area contributed by atoms with E-state index in [0.29, 0.717) is 45.9 Å². The number of anilines is 2. The smallest absolute Gasteiger partial charge is 0.341 e. The maximum Gasteiger partial charge on any atom is 0.341 e. The number of carbonyl (C=O) groups is 1. The summed E-state index contributed by atoms with van der Waals surface area (Å²) in [6.07, 6.45) is 4.78. The summed E-state index contributed by atoms with van der Waals surface area (Å²) in [4.78, 5) is 37.5. The molecule has 1 fully saturated rings. The number of nitrogens with zero attached hydrogens (tertiary/aromatic N) is 5. The summed E-state index contributed by atoms with van der Waals surface area (Å²) in [6.45, 7) is 0.498. The molecule has 0 amide bonds. The third-order valence-electron chi connectivity index (χ3n) is 8.09. The molecule has 0 saturated carbocycles. The van der Waals surface area contributed by atoms with E-state index in [1.54, 1.807) is 39.3 Å². The van der Waals surface area contributed by atoms with E-state index in [1.165, 1.54) is 23.0 Å². The van der Waals surface area contributed by atoms with Gasteiger partial charge < -0.3 is 24.8 Å². The van der Waals surface area contributed by atoms with Gasteiger partial charge in [-0.25, -0.2) is 22.9 Å². The minimum absolute atomic E-state index is 0.00568. The van der Waals surface area contributed by atoms with Gasteiger partial charge in [0.15, 0.2) is 11.6 Å². The normalized spacial score (nSPS) is 17.7. The van der Waals surface area contributed by atoms with Gasteiger partial charge in [0.1, 0.15) is 16.9 Å². The number of halogens is 3. The molecule has 12 heteroatoms. The maximum atomic E-state index is 16.0. The lowest BCUT2D eigenvalue weighted by Crippen LogP contribution is -2.39. The van der Waals surface area contributed by atoms with Crippen molar-refractivity contribution in [3.05, 3.63) is 69.4 Å². The molecule has 4 aromatic rings. The monoisotopic (exact) mass is 578 g/mol. The summed E-state index contributed by atoms with van der Waals surface area (Å²) in [7, 11) is 6.80. The fraction of sp³-hybridized carbons (Fsp3) is 0.333. The average molecular weight is 579 g/mol. The maximum absolute atomic E-state index is 16.0. The van der Waals surface area contributed by atoms with Crippen LogP contribution in [0.4, 0.5) is 24.5 Å². The van der Waals surface area contributed by atoms with E-state index < -0.39 is 34.3 Å². The number of aryl methyl sites for hydroxylation is 1. The molecule has 6 rings (SSSR count). The SMILES string of the molecule is CNc1cc(F)c(F)c2c1Cc1ncc(-c3cnc4c(c3)c(=O)c(C(=O)O)cn4C)c(N3CCC(F)(CN(C)C)C3)c1-2. The molecule has 1 aromatic carbocycles. The van der Waals surface area contributed by atoms with Gasteiger partial charge in [-0.15, -0.1) is 0 Å². The first-order valence-corrected chi connectivity index (χ1v) is 13.4. The van der Waals surface area contributed by atoms with Crippen molar-refractivity contribution < 1.29 is 23.1 Å². The van der Waals surface area contributed by atoms with Crippen LogP contribution in [0.25, 0.3) is 33.3 Å². The lowest BCUT2D eigenvalue weighted by molar-refractivity contribution is 0.0695. The lowest BCUT2D eigenvalue weighted by atomic mass is 9.97. The number of aromatic carboxylic acids is 1. The van der Waals surface area contributed by atoms with E-state index in [1.807, 2.05) is 4.90 Å². The highest BCUT2D eigenvalue weighted by atomic mass is 19.2. The molecule has 3 aromatic heterocycles. The number of hydrogen-bond acceptors (Lipinski definition) is 7. The van der Waals surface area contributed by atoms with E-state index in [-0.39, 0.29) is 42.5 Å². The van der Waals surface area contributed by atoms with E-state index in [2.05, 4.69) is 15.3 Å². The average Bonchev–Trinajstić information content (AvgIpc) is 3.52. The molecule has 9 nitrogen and oxygen atoms in total. The molecule has 218 valence electrons. The molecule has 0 spiro atoms. The quantitative estimate of drug-likeness (QED) is 0.311. The van der Waals surface area contributed by atoms with Gasteiger partial charge in [-0.05, 0) is 25.7 Å². The zero-order chi connectivity index (χ0) is 30.1. The minimum atomic E-state index is -1.55. The van der Waals surface area contributed by atoms with Crippen LogP contribution in [0, 0.1) is 11.6 Å². The summed E-state index contributed by atoms with van der Waals surface area (Å²) in [5.74, 6) is -3.40. The van der Waals surface area contributed by atoms with E-state index in [9.17, 15) is 19.1 Å². The molecule has 1 saturated heterocycles. The van der Waals surface area contributed by atoms with Crippen LogP contribution in [-0.2, 0) is 13.5 Å². The van der Waals surface area contributed by atoms with Gasteiger partial charge in [-0.3, -0.25) is 9.78 Å². The van der Waals surface area contributed by atoms with Crippen molar-refractivity contribution >= 4 is 28.4 Å². The number of carboxylic acid groups (broad SMARTS) is 1. The van der Waals surface area contributed by atoms with Crippen LogP contribution < -0.4 is 15.6 Å². The number of rotatable bonds is 6. The molecule has 1 atom stereocenters. The molecule has 2 aliphatic rings. The predicted octanol–water partition coefficient (Wildman–Crippen LogP) is 4.06. The molecular formula is C30H29F3N6O3. The van der Waals surface area contributed by atoms with Gasteiger partial charge >= 0.3 is 5.97 Å². The van der Waals surface area contributed by atoms with Crippen LogP contribution in [-0.4, -0.2) is 77.0 Å². The number of hydrogen-bond donors (Lipinski definition) is 2. The Morgan fingerprint density at radius 2 is 1.95 bits per heavy atom. The molecule has 1 aliphatic heterocycles. The van der Waals surface area contributed by atoms with Gasteiger partial charge in [0, 0.05) is 92.6 Å². The fourth-order valence-electron chi connectivity index (χ4n) is 6.36. The Labute approximate surface area is 239 Å². The second-order valence-electron chi connectivity index (χ2n) is 11.3. The van der Waals surface area contributed by atoms with E-state index >= 15 is 8.78 Å². The Bertz CT molecular complexity index is 1860. The van der Waals surface area contributed by atoms with Crippen LogP contribution in [0.1, 0.15) is 28.0 Å². The van der Waals surface area contributed by atoms with Crippen molar-refractivity contribution in [2.75, 3.05) is 51.0 Å². The second kappa shape index (κ2) is 9.83. The number of nitrogens with one attached hydrogen (secondary N) is 1. The van der Waals surface area contributed by atoms with Gasteiger partial charge in [-0.2, -0.15) is 0 Å². The molecule has 0 radical (unpaired) electrons. The van der Waals surface area contributed by atoms with Crippen LogP contribution in [0.5, 0.6) is 0 Å². The van der Waals surface area contributed by atoms with Crippen LogP contribution >= 0.6 is 0 Å². The van der Waals surface area contributed by atoms with Crippen molar-refractivity contribution in [3.63, 3.8) is 0 Å². The number of aromatic nitrogens is 3. The topological polar surface area (TPSA) is 104 Å². The highest BCUT2D eigenvalue weighted by molar-refractivity contribution is 5.98. The summed E-state index contributed by atoms with van der Waals surface area (Å²) in [5, 5.41) is 12.6. The molecule has 42 heavy (non-hydrogen) atoms. The predicted molar refractivity (Wildman–Crippen MR) is 154 cm³/mol. The van der Waals surface area contributed by atoms with Gasteiger partial charge in [-0.1, -0.05) is 0 Å². The third kappa shape index (κ3) is 4.28. The highest BCUT2D eigenvalue weighted by Gasteiger charge is 2.42. The molecule has 1 aliphatic carbocycles. The highest BCUT2D eigenvalue weighted by Crippen LogP contribution is 2.51. The summed E-state index contributed by atoms with van der Waals surface area (Å²) in [5.41, 5.74) is 0.881. The number of alkyl halides is 1. The van der Waals surface area contributed by atoms with E-state index in [4.69, 9.17) is 0 Å². The van der Waals surface area contributed by atoms with Crippen LogP contribution in [0.3, 0.4) is 0 Å². The van der Waals surface area contributed by atoms with Gasteiger partial charge in [0.2, 0.25) is 5.43 Å². The Balaban J connectivity index is 1.63. The van der Waals surface area contributed by atoms with Crippen molar-refractivity contribution in [2.45, 2.75) is 18.5 Å². The second-order valence-corrected chi connectivity index (χ2v) is 11.3.